The molecule has 1 amide bonds. The van der Waals surface area contributed by atoms with Gasteiger partial charge >= 0.3 is 5.69 Å². The number of rotatable bonds is 4. The number of aromatic nitrogens is 4. The maximum atomic E-state index is 12.7. The van der Waals surface area contributed by atoms with E-state index in [1.54, 1.807) is 36.4 Å². The van der Waals surface area contributed by atoms with Gasteiger partial charge in [-0.1, -0.05) is 18.2 Å². The maximum Gasteiger partial charge on any atom is 0.333 e. The number of hydrogen-bond acceptors (Lipinski definition) is 6. The molecule has 3 aromatic rings. The Bertz CT molecular complexity index is 1120. The number of benzene rings is 1. The van der Waals surface area contributed by atoms with Gasteiger partial charge in [0.15, 0.2) is 0 Å². The van der Waals surface area contributed by atoms with Gasteiger partial charge in [0.1, 0.15) is 23.5 Å². The number of para-hydroxylation sites is 1. The first-order chi connectivity index (χ1) is 13.6. The molecule has 3 heterocycles. The molecule has 0 radical (unpaired) electrons. The Morgan fingerprint density at radius 1 is 1.07 bits per heavy atom. The van der Waals surface area contributed by atoms with Crippen molar-refractivity contribution in [3.8, 4) is 5.69 Å². The van der Waals surface area contributed by atoms with E-state index in [4.69, 9.17) is 0 Å². The van der Waals surface area contributed by atoms with Crippen LogP contribution in [0.15, 0.2) is 58.5 Å². The molecule has 0 aliphatic carbocycles. The summed E-state index contributed by atoms with van der Waals surface area (Å²) in [7, 11) is 0. The van der Waals surface area contributed by atoms with E-state index in [9.17, 15) is 14.4 Å². The lowest BCUT2D eigenvalue weighted by Crippen LogP contribution is -2.38. The molecule has 0 atom stereocenters. The average molecular weight is 378 g/mol. The summed E-state index contributed by atoms with van der Waals surface area (Å²) in [6, 6.07) is 10.1. The number of H-pyrrole nitrogens is 1. The molecule has 9 nitrogen and oxygen atoms in total. The molecule has 9 heteroatoms. The third-order valence-corrected chi connectivity index (χ3v) is 4.56. The normalized spacial score (nSPS) is 13.5. The van der Waals surface area contributed by atoms with Crippen LogP contribution in [-0.4, -0.2) is 38.5 Å². The number of nitrogens with one attached hydrogen (secondary N) is 2. The van der Waals surface area contributed by atoms with Gasteiger partial charge in [0.2, 0.25) is 0 Å². The van der Waals surface area contributed by atoms with Crippen LogP contribution >= 0.6 is 0 Å². The van der Waals surface area contributed by atoms with Crippen LogP contribution < -0.4 is 21.5 Å². The van der Waals surface area contributed by atoms with E-state index < -0.39 is 17.2 Å². The second-order valence-electron chi connectivity index (χ2n) is 6.39. The van der Waals surface area contributed by atoms with Crippen LogP contribution in [-0.2, 0) is 0 Å². The van der Waals surface area contributed by atoms with Gasteiger partial charge in [-0.3, -0.25) is 9.59 Å². The first-order valence-corrected chi connectivity index (χ1v) is 8.92. The fraction of sp³-hybridized carbons (Fsp3) is 0.211. The predicted octanol–water partition coefficient (Wildman–Crippen LogP) is 1.17. The van der Waals surface area contributed by atoms with Crippen molar-refractivity contribution < 1.29 is 4.79 Å². The van der Waals surface area contributed by atoms with E-state index in [1.165, 1.54) is 6.33 Å². The van der Waals surface area contributed by atoms with Crippen LogP contribution in [0.2, 0.25) is 0 Å². The Hall–Kier alpha value is -3.75. The Balaban J connectivity index is 1.63. The van der Waals surface area contributed by atoms with Crippen molar-refractivity contribution in [1.82, 2.24) is 19.5 Å². The highest BCUT2D eigenvalue weighted by atomic mass is 16.2. The number of carbonyl (C=O) groups is 1. The lowest BCUT2D eigenvalue weighted by molar-refractivity contribution is 0.102. The van der Waals surface area contributed by atoms with Crippen molar-refractivity contribution >= 4 is 17.5 Å². The molecular formula is C19H18N6O3. The molecule has 2 aromatic heterocycles. The molecule has 142 valence electrons. The summed E-state index contributed by atoms with van der Waals surface area (Å²) >= 11 is 0. The molecule has 0 saturated carbocycles. The number of hydrogen-bond donors (Lipinski definition) is 2. The quantitative estimate of drug-likeness (QED) is 0.705. The van der Waals surface area contributed by atoms with E-state index in [0.29, 0.717) is 11.5 Å². The van der Waals surface area contributed by atoms with E-state index in [0.717, 1.165) is 42.5 Å². The lowest BCUT2D eigenvalue weighted by atomic mass is 10.2. The number of amides is 1. The van der Waals surface area contributed by atoms with E-state index in [1.807, 2.05) is 0 Å². The molecule has 1 saturated heterocycles. The zero-order valence-electron chi connectivity index (χ0n) is 15.0. The van der Waals surface area contributed by atoms with Crippen molar-refractivity contribution in [2.75, 3.05) is 23.3 Å². The highest BCUT2D eigenvalue weighted by Gasteiger charge is 2.18. The molecule has 1 aliphatic rings. The summed E-state index contributed by atoms with van der Waals surface area (Å²) in [6.07, 6.45) is 4.69. The topological polar surface area (TPSA) is 113 Å². The smallest absolute Gasteiger partial charge is 0.333 e. The standard InChI is InChI=1S/C19H18N6O3/c26-17(23-15-10-16(22-12-21-15)24-8-4-5-9-24)14-11-20-19(28)25(18(14)27)13-6-2-1-3-7-13/h1-3,6-7,10-12H,4-5,8-9H2,(H,20,28)(H,21,22,23,26). The van der Waals surface area contributed by atoms with Crippen molar-refractivity contribution in [2.24, 2.45) is 0 Å². The highest BCUT2D eigenvalue weighted by molar-refractivity contribution is 6.03. The Morgan fingerprint density at radius 3 is 2.57 bits per heavy atom. The Labute approximate surface area is 159 Å². The molecule has 0 spiro atoms. The third-order valence-electron chi connectivity index (χ3n) is 4.56. The molecule has 4 rings (SSSR count). The summed E-state index contributed by atoms with van der Waals surface area (Å²) in [5.41, 5.74) is -1.14. The SMILES string of the molecule is O=C(Nc1cc(N2CCCC2)ncn1)c1c[nH]c(=O)n(-c2ccccc2)c1=O. The van der Waals surface area contributed by atoms with Crippen LogP contribution in [0.5, 0.6) is 0 Å². The largest absolute Gasteiger partial charge is 0.356 e. The van der Waals surface area contributed by atoms with Gasteiger partial charge in [-0.2, -0.15) is 0 Å². The number of aromatic amines is 1. The summed E-state index contributed by atoms with van der Waals surface area (Å²) in [6.45, 7) is 1.82. The van der Waals surface area contributed by atoms with Crippen LogP contribution in [0.25, 0.3) is 5.69 Å². The second kappa shape index (κ2) is 7.47. The molecule has 1 aromatic carbocycles. The lowest BCUT2D eigenvalue weighted by Gasteiger charge is -2.16. The molecule has 28 heavy (non-hydrogen) atoms. The average Bonchev–Trinajstić information content (AvgIpc) is 3.24. The van der Waals surface area contributed by atoms with Crippen LogP contribution in [0, 0.1) is 0 Å². The van der Waals surface area contributed by atoms with Crippen LogP contribution in [0.1, 0.15) is 23.2 Å². The second-order valence-corrected chi connectivity index (χ2v) is 6.39. The third kappa shape index (κ3) is 3.41. The fourth-order valence-corrected chi connectivity index (χ4v) is 3.17. The van der Waals surface area contributed by atoms with Gasteiger partial charge in [0.05, 0.1) is 5.69 Å². The number of carbonyl (C=O) groups excluding carboxylic acids is 1. The minimum Gasteiger partial charge on any atom is -0.356 e. The van der Waals surface area contributed by atoms with Gasteiger partial charge in [-0.25, -0.2) is 19.3 Å². The molecule has 0 bridgehead atoms. The van der Waals surface area contributed by atoms with Gasteiger partial charge in [-0.15, -0.1) is 0 Å². The van der Waals surface area contributed by atoms with Crippen molar-refractivity contribution in [2.45, 2.75) is 12.8 Å². The van der Waals surface area contributed by atoms with E-state index in [2.05, 4.69) is 25.2 Å². The van der Waals surface area contributed by atoms with E-state index >= 15 is 0 Å². The monoisotopic (exact) mass is 378 g/mol. The van der Waals surface area contributed by atoms with Gasteiger partial charge in [0, 0.05) is 25.4 Å². The maximum absolute atomic E-state index is 12.7. The zero-order chi connectivity index (χ0) is 19.5. The highest BCUT2D eigenvalue weighted by Crippen LogP contribution is 2.19. The summed E-state index contributed by atoms with van der Waals surface area (Å²) in [5, 5.41) is 2.61. The minimum atomic E-state index is -0.707. The van der Waals surface area contributed by atoms with Crippen molar-refractivity contribution in [1.29, 1.82) is 0 Å². The first-order valence-electron chi connectivity index (χ1n) is 8.92. The van der Waals surface area contributed by atoms with Crippen molar-refractivity contribution in [3.63, 3.8) is 0 Å². The molecule has 1 fully saturated rings. The number of nitrogens with zero attached hydrogens (tertiary/aromatic N) is 4. The Kier molecular flexibility index (Phi) is 4.71. The van der Waals surface area contributed by atoms with Crippen LogP contribution in [0.3, 0.4) is 0 Å². The molecule has 0 unspecified atom stereocenters. The summed E-state index contributed by atoms with van der Waals surface area (Å²) in [5.74, 6) is 0.363. The minimum absolute atomic E-state index is 0.190. The summed E-state index contributed by atoms with van der Waals surface area (Å²) in [4.78, 5) is 50.3. The molecule has 2 N–H and O–H groups in total. The van der Waals surface area contributed by atoms with Crippen LogP contribution in [0.4, 0.5) is 11.6 Å². The van der Waals surface area contributed by atoms with Gasteiger partial charge < -0.3 is 15.2 Å². The first kappa shape index (κ1) is 17.7. The Morgan fingerprint density at radius 2 is 1.82 bits per heavy atom. The fourth-order valence-electron chi connectivity index (χ4n) is 3.17. The molecular weight excluding hydrogens is 360 g/mol. The number of anilines is 2. The van der Waals surface area contributed by atoms with Crippen molar-refractivity contribution in [3.05, 3.63) is 75.3 Å². The zero-order valence-corrected chi connectivity index (χ0v) is 15.0. The molecule has 1 aliphatic heterocycles. The van der Waals surface area contributed by atoms with Gasteiger partial charge in [0.25, 0.3) is 11.5 Å². The predicted molar refractivity (Wildman–Crippen MR) is 104 cm³/mol. The summed E-state index contributed by atoms with van der Waals surface area (Å²) < 4.78 is 0.921. The van der Waals surface area contributed by atoms with E-state index in [-0.39, 0.29) is 5.56 Å². The van der Waals surface area contributed by atoms with Gasteiger partial charge in [-0.05, 0) is 25.0 Å².